The molecule has 0 spiro atoms. The van der Waals surface area contributed by atoms with Crippen molar-refractivity contribution in [1.82, 2.24) is 10.4 Å². The normalized spacial score (nSPS) is 31.4. The number of halogens is 1. The molecule has 4 heteroatoms. The van der Waals surface area contributed by atoms with Gasteiger partial charge in [-0.2, -0.15) is 5.43 Å². The lowest BCUT2D eigenvalue weighted by atomic mass is 9.71. The van der Waals surface area contributed by atoms with Gasteiger partial charge in [0.05, 0.1) is 0 Å². The molecule has 3 aliphatic rings. The maximum atomic E-state index is 6.04. The average Bonchev–Trinajstić information content (AvgIpc) is 2.55. The van der Waals surface area contributed by atoms with Crippen LogP contribution in [0.4, 0.5) is 0 Å². The summed E-state index contributed by atoms with van der Waals surface area (Å²) >= 11 is 6.04. The molecule has 2 N–H and O–H groups in total. The summed E-state index contributed by atoms with van der Waals surface area (Å²) in [5.41, 5.74) is 6.05. The van der Waals surface area contributed by atoms with E-state index in [0.29, 0.717) is 12.0 Å². The molecule has 21 heavy (non-hydrogen) atoms. The summed E-state index contributed by atoms with van der Waals surface area (Å²) in [5, 5.41) is 3.09. The van der Waals surface area contributed by atoms with Gasteiger partial charge in [-0.25, -0.2) is 4.99 Å². The number of hydrogen-bond donors (Lipinski definition) is 2. The molecule has 0 aromatic heterocycles. The molecule has 3 nitrogen and oxygen atoms in total. The van der Waals surface area contributed by atoms with Crippen LogP contribution in [0.15, 0.2) is 36.5 Å². The number of benzene rings is 1. The lowest BCUT2D eigenvalue weighted by Gasteiger charge is -2.44. The number of hydrogen-bond acceptors (Lipinski definition) is 2. The monoisotopic (exact) mass is 302 g/mol. The third kappa shape index (κ3) is 2.39. The largest absolute Gasteiger partial charge is 0.297 e. The fraction of sp³-hybridized carbons (Fsp3) is 0.471. The van der Waals surface area contributed by atoms with Crippen LogP contribution in [-0.2, 0) is 0 Å². The molecule has 4 rings (SSSR count). The number of nitrogens with one attached hydrogen (secondary N) is 2. The lowest BCUT2D eigenvalue weighted by Crippen LogP contribution is -2.86. The van der Waals surface area contributed by atoms with E-state index in [9.17, 15) is 0 Å². The average molecular weight is 303 g/mol. The molecule has 3 unspecified atom stereocenters. The Bertz CT molecular complexity index is 578. The van der Waals surface area contributed by atoms with Crippen molar-refractivity contribution in [3.8, 4) is 0 Å². The van der Waals surface area contributed by atoms with Crippen molar-refractivity contribution in [3.05, 3.63) is 47.1 Å². The summed E-state index contributed by atoms with van der Waals surface area (Å²) in [4.78, 5) is 3.57. The fourth-order valence-electron chi connectivity index (χ4n) is 4.06. The van der Waals surface area contributed by atoms with Gasteiger partial charge in [0, 0.05) is 16.8 Å². The second-order valence-corrected chi connectivity index (χ2v) is 6.67. The summed E-state index contributed by atoms with van der Waals surface area (Å²) in [6, 6.07) is 8.63. The van der Waals surface area contributed by atoms with Gasteiger partial charge in [0.1, 0.15) is 6.04 Å². The summed E-state index contributed by atoms with van der Waals surface area (Å²) in [6.07, 6.45) is 10.0. The van der Waals surface area contributed by atoms with Crippen molar-refractivity contribution >= 4 is 17.3 Å². The topological polar surface area (TPSA) is 29.2 Å². The van der Waals surface area contributed by atoms with E-state index in [-0.39, 0.29) is 0 Å². The molecule has 110 valence electrons. The molecule has 1 aromatic carbocycles. The van der Waals surface area contributed by atoms with E-state index in [0.717, 1.165) is 17.6 Å². The summed E-state index contributed by atoms with van der Waals surface area (Å²) in [7, 11) is 0. The zero-order chi connectivity index (χ0) is 14.2. The Balaban J connectivity index is 1.71. The Labute approximate surface area is 130 Å². The Hall–Kier alpha value is -1.32. The van der Waals surface area contributed by atoms with Gasteiger partial charge in [0.25, 0.3) is 0 Å². The van der Waals surface area contributed by atoms with Crippen molar-refractivity contribution < 1.29 is 4.99 Å². The van der Waals surface area contributed by atoms with Crippen molar-refractivity contribution in [2.45, 2.75) is 31.7 Å². The Morgan fingerprint density at radius 3 is 2.81 bits per heavy atom. The summed E-state index contributed by atoms with van der Waals surface area (Å²) in [5.74, 6) is 1.43. The first-order chi connectivity index (χ1) is 10.3. The van der Waals surface area contributed by atoms with Crippen LogP contribution in [0.3, 0.4) is 0 Å². The van der Waals surface area contributed by atoms with E-state index in [4.69, 9.17) is 11.6 Å². The Morgan fingerprint density at radius 2 is 1.95 bits per heavy atom. The molecule has 0 radical (unpaired) electrons. The van der Waals surface area contributed by atoms with Crippen LogP contribution in [-0.4, -0.2) is 23.4 Å². The second-order valence-electron chi connectivity index (χ2n) is 6.24. The van der Waals surface area contributed by atoms with Crippen LogP contribution in [0.1, 0.15) is 31.2 Å². The van der Waals surface area contributed by atoms with E-state index in [1.807, 2.05) is 12.1 Å². The van der Waals surface area contributed by atoms with Crippen LogP contribution in [0, 0.1) is 11.8 Å². The third-order valence-corrected chi connectivity index (χ3v) is 5.32. The van der Waals surface area contributed by atoms with Crippen molar-refractivity contribution in [1.29, 1.82) is 0 Å². The number of fused-ring (bicyclic) bond motifs is 3. The van der Waals surface area contributed by atoms with E-state index >= 15 is 0 Å². The highest BCUT2D eigenvalue weighted by Gasteiger charge is 2.43. The SMILES string of the molecule is Clc1ccc(C2=[NH+]CNN3C=CC4CCCCC4C23)cc1. The maximum Gasteiger partial charge on any atom is 0.211 e. The number of allylic oxidation sites excluding steroid dienone is 1. The van der Waals surface area contributed by atoms with Crippen LogP contribution in [0.5, 0.6) is 0 Å². The Kier molecular flexibility index (Phi) is 3.48. The highest BCUT2D eigenvalue weighted by atomic mass is 35.5. The van der Waals surface area contributed by atoms with E-state index in [2.05, 4.69) is 39.8 Å². The van der Waals surface area contributed by atoms with E-state index in [1.165, 1.54) is 37.0 Å². The molecule has 2 aliphatic heterocycles. The smallest absolute Gasteiger partial charge is 0.211 e. The van der Waals surface area contributed by atoms with Crippen LogP contribution < -0.4 is 10.4 Å². The summed E-state index contributed by atoms with van der Waals surface area (Å²) < 4.78 is 0. The summed E-state index contributed by atoms with van der Waals surface area (Å²) in [6.45, 7) is 0.774. The maximum absolute atomic E-state index is 6.04. The highest BCUT2D eigenvalue weighted by molar-refractivity contribution is 6.30. The first-order valence-electron chi connectivity index (χ1n) is 7.90. The minimum Gasteiger partial charge on any atom is -0.297 e. The van der Waals surface area contributed by atoms with Gasteiger partial charge in [0.15, 0.2) is 0 Å². The molecule has 0 bridgehead atoms. The van der Waals surface area contributed by atoms with E-state index < -0.39 is 0 Å². The van der Waals surface area contributed by atoms with Crippen LogP contribution in [0.2, 0.25) is 5.02 Å². The highest BCUT2D eigenvalue weighted by Crippen LogP contribution is 2.38. The first-order valence-corrected chi connectivity index (χ1v) is 8.27. The van der Waals surface area contributed by atoms with Crippen molar-refractivity contribution in [2.24, 2.45) is 11.8 Å². The van der Waals surface area contributed by atoms with Crippen molar-refractivity contribution in [2.75, 3.05) is 6.67 Å². The molecular weight excluding hydrogens is 282 g/mol. The zero-order valence-corrected chi connectivity index (χ0v) is 12.8. The molecular formula is C17H21ClN3+. The molecule has 0 amide bonds. The number of rotatable bonds is 1. The lowest BCUT2D eigenvalue weighted by molar-refractivity contribution is -0.481. The fourth-order valence-corrected chi connectivity index (χ4v) is 4.18. The van der Waals surface area contributed by atoms with Gasteiger partial charge in [-0.05, 0) is 48.9 Å². The minimum atomic E-state index is 0.412. The van der Waals surface area contributed by atoms with Gasteiger partial charge in [-0.3, -0.25) is 5.01 Å². The predicted octanol–water partition coefficient (Wildman–Crippen LogP) is 1.69. The van der Waals surface area contributed by atoms with Crippen molar-refractivity contribution in [3.63, 3.8) is 0 Å². The first kappa shape index (κ1) is 13.4. The zero-order valence-electron chi connectivity index (χ0n) is 12.1. The standard InChI is InChI=1S/C17H20ClN3/c18-14-7-5-13(6-8-14)16-17-15-4-2-1-3-12(15)9-10-21(17)20-11-19-16/h5-10,12,15,17,20H,1-4,11H2/p+1. The van der Waals surface area contributed by atoms with Gasteiger partial charge in [0.2, 0.25) is 12.4 Å². The number of nitrogens with zero attached hydrogens (tertiary/aromatic N) is 1. The van der Waals surface area contributed by atoms with E-state index in [1.54, 1.807) is 0 Å². The number of hydrazine groups is 1. The second kappa shape index (κ2) is 5.47. The van der Waals surface area contributed by atoms with Gasteiger partial charge in [-0.15, -0.1) is 0 Å². The molecule has 0 saturated heterocycles. The Morgan fingerprint density at radius 1 is 1.14 bits per heavy atom. The molecule has 1 aliphatic carbocycles. The van der Waals surface area contributed by atoms with Gasteiger partial charge < -0.3 is 0 Å². The molecule has 1 saturated carbocycles. The minimum absolute atomic E-state index is 0.412. The third-order valence-electron chi connectivity index (χ3n) is 5.07. The predicted molar refractivity (Wildman–Crippen MR) is 84.7 cm³/mol. The molecule has 2 heterocycles. The van der Waals surface area contributed by atoms with Gasteiger partial charge in [-0.1, -0.05) is 30.5 Å². The quantitative estimate of drug-likeness (QED) is 0.827. The van der Waals surface area contributed by atoms with Crippen LogP contribution in [0.25, 0.3) is 0 Å². The molecule has 1 fully saturated rings. The van der Waals surface area contributed by atoms with Crippen LogP contribution >= 0.6 is 11.6 Å². The molecule has 1 aromatic rings. The van der Waals surface area contributed by atoms with Gasteiger partial charge >= 0.3 is 0 Å². The molecule has 3 atom stereocenters.